The third-order valence-electron chi connectivity index (χ3n) is 4.48. The highest BCUT2D eigenvalue weighted by atomic mass is 35.5. The van der Waals surface area contributed by atoms with Gasteiger partial charge in [-0.05, 0) is 36.1 Å². The minimum Gasteiger partial charge on any atom is -0.347 e. The first kappa shape index (κ1) is 17.7. The van der Waals surface area contributed by atoms with Crippen molar-refractivity contribution in [3.63, 3.8) is 0 Å². The number of carbonyl (C=O) groups is 2. The van der Waals surface area contributed by atoms with Gasteiger partial charge in [-0.1, -0.05) is 17.7 Å². The zero-order chi connectivity index (χ0) is 18.8. The number of thiophene rings is 1. The number of piperidine rings is 1. The molecule has 7 nitrogen and oxygen atoms in total. The van der Waals surface area contributed by atoms with Crippen LogP contribution < -0.4 is 10.6 Å². The van der Waals surface area contributed by atoms with Crippen LogP contribution in [-0.2, 0) is 4.79 Å². The molecule has 1 aliphatic rings. The highest BCUT2D eigenvalue weighted by molar-refractivity contribution is 7.10. The van der Waals surface area contributed by atoms with Gasteiger partial charge in [-0.3, -0.25) is 14.2 Å². The van der Waals surface area contributed by atoms with Crippen LogP contribution in [0, 0.1) is 0 Å². The standard InChI is InChI=1S/C18H16ClN5O2S/c19-13-8-11(24-9-20-21-10-24)3-4-12(13)18(26)22-14-5-6-16(25)23-17(14)15-2-1-7-27-15/h1-4,7-10,14,17H,5-6H2,(H,22,26)(H,23,25)/t14-,17-/m1/s1. The van der Waals surface area contributed by atoms with E-state index in [9.17, 15) is 9.59 Å². The molecule has 2 amide bonds. The Bertz CT molecular complexity index is 958. The number of hydrogen-bond acceptors (Lipinski definition) is 5. The van der Waals surface area contributed by atoms with Crippen LogP contribution in [0.3, 0.4) is 0 Å². The maximum Gasteiger partial charge on any atom is 0.253 e. The fourth-order valence-electron chi connectivity index (χ4n) is 3.12. The molecule has 1 fully saturated rings. The molecule has 0 spiro atoms. The smallest absolute Gasteiger partial charge is 0.253 e. The minimum atomic E-state index is -0.266. The third-order valence-corrected chi connectivity index (χ3v) is 5.75. The Kier molecular flexibility index (Phi) is 4.91. The second-order valence-electron chi connectivity index (χ2n) is 6.21. The van der Waals surface area contributed by atoms with E-state index in [2.05, 4.69) is 20.8 Å². The van der Waals surface area contributed by atoms with Gasteiger partial charge in [0.05, 0.1) is 22.7 Å². The summed E-state index contributed by atoms with van der Waals surface area (Å²) in [6.07, 6.45) is 4.08. The van der Waals surface area contributed by atoms with Crippen LogP contribution >= 0.6 is 22.9 Å². The average molecular weight is 402 g/mol. The molecule has 9 heteroatoms. The van der Waals surface area contributed by atoms with Crippen LogP contribution in [0.4, 0.5) is 0 Å². The molecular weight excluding hydrogens is 386 g/mol. The highest BCUT2D eigenvalue weighted by Gasteiger charge is 2.32. The fourth-order valence-corrected chi connectivity index (χ4v) is 4.22. The molecule has 1 aromatic carbocycles. The van der Waals surface area contributed by atoms with Gasteiger partial charge in [0, 0.05) is 17.0 Å². The Morgan fingerprint density at radius 2 is 2.11 bits per heavy atom. The predicted octanol–water partition coefficient (Wildman–Crippen LogP) is 2.73. The van der Waals surface area contributed by atoms with Crippen molar-refractivity contribution in [1.29, 1.82) is 0 Å². The van der Waals surface area contributed by atoms with E-state index >= 15 is 0 Å². The number of rotatable bonds is 4. The first-order valence-electron chi connectivity index (χ1n) is 8.40. The lowest BCUT2D eigenvalue weighted by Crippen LogP contribution is -2.49. The fraction of sp³-hybridized carbons (Fsp3) is 0.222. The molecule has 3 heterocycles. The van der Waals surface area contributed by atoms with Gasteiger partial charge in [0.15, 0.2) is 0 Å². The number of nitrogens with one attached hydrogen (secondary N) is 2. The van der Waals surface area contributed by atoms with Crippen molar-refractivity contribution < 1.29 is 9.59 Å². The number of halogens is 1. The van der Waals surface area contributed by atoms with E-state index in [0.29, 0.717) is 23.4 Å². The molecule has 1 saturated heterocycles. The van der Waals surface area contributed by atoms with Crippen LogP contribution in [0.25, 0.3) is 5.69 Å². The number of benzene rings is 1. The summed E-state index contributed by atoms with van der Waals surface area (Å²) < 4.78 is 1.71. The molecule has 2 N–H and O–H groups in total. The minimum absolute atomic E-state index is 0.00442. The SMILES string of the molecule is O=C1CC[C@@H](NC(=O)c2ccc(-n3cnnc3)cc2Cl)[C@H](c2cccs2)N1. The average Bonchev–Trinajstić information content (AvgIpc) is 3.37. The second kappa shape index (κ2) is 7.50. The lowest BCUT2D eigenvalue weighted by atomic mass is 9.96. The maximum absolute atomic E-state index is 12.8. The first-order chi connectivity index (χ1) is 13.1. The molecule has 0 radical (unpaired) electrons. The van der Waals surface area contributed by atoms with E-state index in [-0.39, 0.29) is 23.9 Å². The summed E-state index contributed by atoms with van der Waals surface area (Å²) in [6, 6.07) is 8.62. The van der Waals surface area contributed by atoms with Gasteiger partial charge in [0.2, 0.25) is 5.91 Å². The number of amides is 2. The van der Waals surface area contributed by atoms with Crippen molar-refractivity contribution in [2.75, 3.05) is 0 Å². The van der Waals surface area contributed by atoms with E-state index in [1.807, 2.05) is 17.5 Å². The van der Waals surface area contributed by atoms with Gasteiger partial charge in [-0.2, -0.15) is 0 Å². The third kappa shape index (κ3) is 3.72. The van der Waals surface area contributed by atoms with E-state index < -0.39 is 0 Å². The first-order valence-corrected chi connectivity index (χ1v) is 9.66. The second-order valence-corrected chi connectivity index (χ2v) is 7.60. The molecule has 2 atom stereocenters. The van der Waals surface area contributed by atoms with E-state index in [1.165, 1.54) is 0 Å². The van der Waals surface area contributed by atoms with Gasteiger partial charge in [0.25, 0.3) is 5.91 Å². The molecule has 0 aliphatic carbocycles. The summed E-state index contributed by atoms with van der Waals surface area (Å²) in [6.45, 7) is 0. The topological polar surface area (TPSA) is 88.9 Å². The predicted molar refractivity (Wildman–Crippen MR) is 102 cm³/mol. The molecule has 27 heavy (non-hydrogen) atoms. The Labute approximate surface area is 164 Å². The van der Waals surface area contributed by atoms with Crippen LogP contribution in [0.2, 0.25) is 5.02 Å². The van der Waals surface area contributed by atoms with Crippen LogP contribution in [0.1, 0.15) is 34.1 Å². The molecule has 0 saturated carbocycles. The van der Waals surface area contributed by atoms with Crippen LogP contribution in [-0.4, -0.2) is 32.6 Å². The van der Waals surface area contributed by atoms with E-state index in [0.717, 1.165) is 10.6 Å². The number of nitrogens with zero attached hydrogens (tertiary/aromatic N) is 3. The Hall–Kier alpha value is -2.71. The Morgan fingerprint density at radius 3 is 2.81 bits per heavy atom. The van der Waals surface area contributed by atoms with Crippen molar-refractivity contribution >= 4 is 34.8 Å². The van der Waals surface area contributed by atoms with Gasteiger partial charge in [0.1, 0.15) is 12.7 Å². The lowest BCUT2D eigenvalue weighted by molar-refractivity contribution is -0.123. The summed E-state index contributed by atoms with van der Waals surface area (Å²) in [5, 5.41) is 15.8. The monoisotopic (exact) mass is 401 g/mol. The lowest BCUT2D eigenvalue weighted by Gasteiger charge is -2.32. The van der Waals surface area contributed by atoms with Crippen molar-refractivity contribution in [2.45, 2.75) is 24.9 Å². The number of hydrogen-bond donors (Lipinski definition) is 2. The summed E-state index contributed by atoms with van der Waals surface area (Å²) in [5.41, 5.74) is 1.15. The van der Waals surface area contributed by atoms with Gasteiger partial charge in [-0.15, -0.1) is 21.5 Å². The number of carbonyl (C=O) groups excluding carboxylic acids is 2. The Morgan fingerprint density at radius 1 is 1.30 bits per heavy atom. The molecule has 4 rings (SSSR count). The number of aromatic nitrogens is 3. The van der Waals surface area contributed by atoms with Gasteiger partial charge < -0.3 is 10.6 Å². The summed E-state index contributed by atoms with van der Waals surface area (Å²) >= 11 is 7.89. The van der Waals surface area contributed by atoms with Gasteiger partial charge >= 0.3 is 0 Å². The normalized spacial score (nSPS) is 19.5. The van der Waals surface area contributed by atoms with Gasteiger partial charge in [-0.25, -0.2) is 0 Å². The molecule has 138 valence electrons. The summed E-state index contributed by atoms with van der Waals surface area (Å²) in [4.78, 5) is 25.6. The van der Waals surface area contributed by atoms with Crippen molar-refractivity contribution in [3.05, 3.63) is 63.8 Å². The molecule has 1 aliphatic heterocycles. The Balaban J connectivity index is 1.53. The maximum atomic E-state index is 12.8. The van der Waals surface area contributed by atoms with E-state index in [4.69, 9.17) is 11.6 Å². The largest absolute Gasteiger partial charge is 0.347 e. The molecular formula is C18H16ClN5O2S. The summed E-state index contributed by atoms with van der Waals surface area (Å²) in [7, 11) is 0. The van der Waals surface area contributed by atoms with Crippen molar-refractivity contribution in [2.24, 2.45) is 0 Å². The zero-order valence-electron chi connectivity index (χ0n) is 14.1. The van der Waals surface area contributed by atoms with E-state index in [1.54, 1.807) is 46.8 Å². The quantitative estimate of drug-likeness (QED) is 0.703. The molecule has 3 aromatic rings. The summed E-state index contributed by atoms with van der Waals surface area (Å²) in [5.74, 6) is -0.270. The van der Waals surface area contributed by atoms with Crippen LogP contribution in [0.5, 0.6) is 0 Å². The van der Waals surface area contributed by atoms with Crippen molar-refractivity contribution in [3.8, 4) is 5.69 Å². The molecule has 0 bridgehead atoms. The van der Waals surface area contributed by atoms with Crippen LogP contribution in [0.15, 0.2) is 48.4 Å². The zero-order valence-corrected chi connectivity index (χ0v) is 15.7. The highest BCUT2D eigenvalue weighted by Crippen LogP contribution is 2.28. The molecule has 0 unspecified atom stereocenters. The molecule has 2 aromatic heterocycles. The van der Waals surface area contributed by atoms with Crippen molar-refractivity contribution in [1.82, 2.24) is 25.4 Å².